The number of piperidine rings is 1. The molecule has 148 valence electrons. The maximum Gasteiger partial charge on any atom is 0.206 e. The van der Waals surface area contributed by atoms with E-state index in [2.05, 4.69) is 5.32 Å². The molecule has 1 saturated heterocycles. The summed E-state index contributed by atoms with van der Waals surface area (Å²) in [6, 6.07) is 21.1. The van der Waals surface area contributed by atoms with Gasteiger partial charge in [-0.05, 0) is 61.5 Å². The molecule has 1 fully saturated rings. The molecular weight excluding hydrogens is 386 g/mol. The average molecular weight is 407 g/mol. The molecule has 2 unspecified atom stereocenters. The van der Waals surface area contributed by atoms with E-state index in [9.17, 15) is 8.42 Å². The Morgan fingerprint density at radius 3 is 2.41 bits per heavy atom. The second kappa shape index (κ2) is 7.21. The van der Waals surface area contributed by atoms with Gasteiger partial charge in [0.25, 0.3) is 0 Å². The SMILES string of the molecule is O=S(=O)(c1ccc(Oc2ccccc2)cc1)c1ccc2c(c1)OC1CNCCC21. The molecule has 0 bridgehead atoms. The van der Waals surface area contributed by atoms with Crippen molar-refractivity contribution in [3.8, 4) is 17.2 Å². The van der Waals surface area contributed by atoms with Gasteiger partial charge in [-0.1, -0.05) is 24.3 Å². The Labute approximate surface area is 170 Å². The second-order valence-electron chi connectivity index (χ2n) is 7.35. The summed E-state index contributed by atoms with van der Waals surface area (Å²) in [5.74, 6) is 2.32. The van der Waals surface area contributed by atoms with E-state index in [1.165, 1.54) is 0 Å². The van der Waals surface area contributed by atoms with E-state index in [1.54, 1.807) is 36.4 Å². The fourth-order valence-electron chi connectivity index (χ4n) is 4.01. The number of rotatable bonds is 4. The third-order valence-electron chi connectivity index (χ3n) is 5.51. The molecule has 6 heteroatoms. The van der Waals surface area contributed by atoms with Crippen LogP contribution < -0.4 is 14.8 Å². The van der Waals surface area contributed by atoms with E-state index in [4.69, 9.17) is 9.47 Å². The van der Waals surface area contributed by atoms with Crippen LogP contribution in [-0.4, -0.2) is 27.6 Å². The van der Waals surface area contributed by atoms with Crippen molar-refractivity contribution >= 4 is 9.84 Å². The predicted octanol–water partition coefficient (Wildman–Crippen LogP) is 4.15. The first kappa shape index (κ1) is 18.2. The maximum absolute atomic E-state index is 13.1. The van der Waals surface area contributed by atoms with Crippen molar-refractivity contribution < 1.29 is 17.9 Å². The smallest absolute Gasteiger partial charge is 0.206 e. The van der Waals surface area contributed by atoms with Crippen LogP contribution in [0.15, 0.2) is 82.6 Å². The van der Waals surface area contributed by atoms with Gasteiger partial charge < -0.3 is 14.8 Å². The zero-order chi connectivity index (χ0) is 19.8. The molecule has 5 rings (SSSR count). The van der Waals surface area contributed by atoms with E-state index in [0.29, 0.717) is 23.2 Å². The van der Waals surface area contributed by atoms with Crippen LogP contribution in [0.2, 0.25) is 0 Å². The Bertz CT molecular complexity index is 1130. The predicted molar refractivity (Wildman–Crippen MR) is 109 cm³/mol. The van der Waals surface area contributed by atoms with Gasteiger partial charge in [-0.25, -0.2) is 8.42 Å². The Kier molecular flexibility index (Phi) is 4.53. The fourth-order valence-corrected chi connectivity index (χ4v) is 5.29. The summed E-state index contributed by atoms with van der Waals surface area (Å²) < 4.78 is 38.0. The number of hydrogen-bond donors (Lipinski definition) is 1. The van der Waals surface area contributed by atoms with Gasteiger partial charge in [-0.3, -0.25) is 0 Å². The van der Waals surface area contributed by atoms with E-state index in [0.717, 1.165) is 25.1 Å². The standard InChI is InChI=1S/C23H21NO4S/c25-29(26,18-8-6-17(7-9-18)27-16-4-2-1-3-5-16)19-10-11-20-21-12-13-24-15-23(21)28-22(20)14-19/h1-11,14,21,23-24H,12-13,15H2. The molecule has 29 heavy (non-hydrogen) atoms. The summed E-state index contributed by atoms with van der Waals surface area (Å²) >= 11 is 0. The molecule has 2 atom stereocenters. The monoisotopic (exact) mass is 407 g/mol. The van der Waals surface area contributed by atoms with Gasteiger partial charge in [0.2, 0.25) is 9.84 Å². The van der Waals surface area contributed by atoms with Crippen molar-refractivity contribution in [3.05, 3.63) is 78.4 Å². The first-order chi connectivity index (χ1) is 14.1. The Morgan fingerprint density at radius 1 is 0.897 bits per heavy atom. The molecular formula is C23H21NO4S. The second-order valence-corrected chi connectivity index (χ2v) is 9.29. The van der Waals surface area contributed by atoms with Gasteiger partial charge in [0.15, 0.2) is 0 Å². The Balaban J connectivity index is 1.40. The lowest BCUT2D eigenvalue weighted by molar-refractivity contribution is 0.176. The number of hydrogen-bond acceptors (Lipinski definition) is 5. The summed E-state index contributed by atoms with van der Waals surface area (Å²) in [4.78, 5) is 0.481. The van der Waals surface area contributed by atoms with Crippen LogP contribution in [0.5, 0.6) is 17.2 Å². The van der Waals surface area contributed by atoms with Crippen molar-refractivity contribution in [2.75, 3.05) is 13.1 Å². The van der Waals surface area contributed by atoms with Crippen molar-refractivity contribution in [2.24, 2.45) is 0 Å². The number of ether oxygens (including phenoxy) is 2. The average Bonchev–Trinajstić information content (AvgIpc) is 3.13. The first-order valence-corrected chi connectivity index (χ1v) is 11.2. The number of benzene rings is 3. The van der Waals surface area contributed by atoms with E-state index in [1.807, 2.05) is 36.4 Å². The molecule has 3 aromatic rings. The maximum atomic E-state index is 13.1. The van der Waals surface area contributed by atoms with E-state index < -0.39 is 9.84 Å². The third-order valence-corrected chi connectivity index (χ3v) is 7.28. The number of sulfone groups is 1. The summed E-state index contributed by atoms with van der Waals surface area (Å²) in [6.45, 7) is 1.76. The molecule has 2 aliphatic rings. The number of fused-ring (bicyclic) bond motifs is 3. The van der Waals surface area contributed by atoms with Crippen molar-refractivity contribution in [3.63, 3.8) is 0 Å². The number of para-hydroxylation sites is 1. The molecule has 1 N–H and O–H groups in total. The number of nitrogens with one attached hydrogen (secondary N) is 1. The first-order valence-electron chi connectivity index (χ1n) is 9.71. The third kappa shape index (κ3) is 3.39. The minimum Gasteiger partial charge on any atom is -0.488 e. The van der Waals surface area contributed by atoms with Gasteiger partial charge in [0, 0.05) is 18.0 Å². The Hall–Kier alpha value is -2.83. The summed E-state index contributed by atoms with van der Waals surface area (Å²) in [6.07, 6.45) is 1.10. The van der Waals surface area contributed by atoms with Crippen LogP contribution in [0.3, 0.4) is 0 Å². The van der Waals surface area contributed by atoms with Gasteiger partial charge in [0.1, 0.15) is 23.4 Å². The lowest BCUT2D eigenvalue weighted by atomic mass is 9.90. The Morgan fingerprint density at radius 2 is 1.62 bits per heavy atom. The van der Waals surface area contributed by atoms with Gasteiger partial charge in [0.05, 0.1) is 9.79 Å². The van der Waals surface area contributed by atoms with Crippen molar-refractivity contribution in [2.45, 2.75) is 28.2 Å². The van der Waals surface area contributed by atoms with Crippen molar-refractivity contribution in [1.29, 1.82) is 0 Å². The molecule has 5 nitrogen and oxygen atoms in total. The molecule has 2 aliphatic heterocycles. The highest BCUT2D eigenvalue weighted by Crippen LogP contribution is 2.42. The zero-order valence-electron chi connectivity index (χ0n) is 15.7. The largest absolute Gasteiger partial charge is 0.488 e. The minimum atomic E-state index is -3.63. The zero-order valence-corrected chi connectivity index (χ0v) is 16.6. The van der Waals surface area contributed by atoms with Crippen LogP contribution in [0.25, 0.3) is 0 Å². The summed E-state index contributed by atoms with van der Waals surface area (Å²) in [5, 5.41) is 3.33. The van der Waals surface area contributed by atoms with Crippen LogP contribution in [0, 0.1) is 0 Å². The normalized spacial score (nSPS) is 20.4. The molecule has 0 radical (unpaired) electrons. The molecule has 0 aromatic heterocycles. The van der Waals surface area contributed by atoms with Crippen LogP contribution in [0.4, 0.5) is 0 Å². The molecule has 3 aromatic carbocycles. The lowest BCUT2D eigenvalue weighted by Crippen LogP contribution is -2.39. The highest BCUT2D eigenvalue weighted by molar-refractivity contribution is 7.91. The molecule has 0 aliphatic carbocycles. The molecule has 0 saturated carbocycles. The lowest BCUT2D eigenvalue weighted by Gasteiger charge is -2.24. The van der Waals surface area contributed by atoms with Gasteiger partial charge in [-0.2, -0.15) is 0 Å². The fraction of sp³-hybridized carbons (Fsp3) is 0.217. The molecule has 0 spiro atoms. The summed E-state index contributed by atoms with van der Waals surface area (Å²) in [5.41, 5.74) is 1.11. The van der Waals surface area contributed by atoms with Crippen LogP contribution in [0.1, 0.15) is 17.9 Å². The highest BCUT2D eigenvalue weighted by atomic mass is 32.2. The van der Waals surface area contributed by atoms with Gasteiger partial charge in [-0.15, -0.1) is 0 Å². The quantitative estimate of drug-likeness (QED) is 0.704. The van der Waals surface area contributed by atoms with Crippen molar-refractivity contribution in [1.82, 2.24) is 5.32 Å². The molecule has 0 amide bonds. The minimum absolute atomic E-state index is 0.0890. The van der Waals surface area contributed by atoms with Gasteiger partial charge >= 0.3 is 0 Å². The van der Waals surface area contributed by atoms with E-state index in [-0.39, 0.29) is 15.9 Å². The van der Waals surface area contributed by atoms with Crippen LogP contribution in [-0.2, 0) is 9.84 Å². The van der Waals surface area contributed by atoms with Crippen LogP contribution >= 0.6 is 0 Å². The van der Waals surface area contributed by atoms with E-state index >= 15 is 0 Å². The highest BCUT2D eigenvalue weighted by Gasteiger charge is 2.36. The topological polar surface area (TPSA) is 64.6 Å². The summed E-state index contributed by atoms with van der Waals surface area (Å²) in [7, 11) is -3.63. The molecule has 2 heterocycles.